The van der Waals surface area contributed by atoms with Crippen LogP contribution in [-0.4, -0.2) is 34.9 Å². The van der Waals surface area contributed by atoms with Gasteiger partial charge in [-0.15, -0.1) is 11.3 Å². The number of hydrogen-bond acceptors (Lipinski definition) is 6. The first-order valence-corrected chi connectivity index (χ1v) is 6.78. The van der Waals surface area contributed by atoms with Crippen LogP contribution >= 0.6 is 23.1 Å². The van der Waals surface area contributed by atoms with Gasteiger partial charge in [-0.3, -0.25) is 9.59 Å². The number of carbonyl (C=O) groups is 2. The molecule has 0 aliphatic carbocycles. The highest BCUT2D eigenvalue weighted by Gasteiger charge is 2.07. The summed E-state index contributed by atoms with van der Waals surface area (Å²) in [6, 6.07) is 0. The van der Waals surface area contributed by atoms with Crippen LogP contribution in [0.4, 0.5) is 0 Å². The Morgan fingerprint density at radius 2 is 2.35 bits per heavy atom. The second kappa shape index (κ2) is 7.29. The number of thioether (sulfide) groups is 1. The topological polar surface area (TPSA) is 76.5 Å². The first kappa shape index (κ1) is 14.0. The number of carboxylic acids is 1. The van der Waals surface area contributed by atoms with Gasteiger partial charge in [0.15, 0.2) is 0 Å². The third kappa shape index (κ3) is 5.69. The van der Waals surface area contributed by atoms with Crippen LogP contribution in [-0.2, 0) is 20.7 Å². The number of aromatic nitrogens is 1. The van der Waals surface area contributed by atoms with Gasteiger partial charge in [0.05, 0.1) is 13.5 Å². The summed E-state index contributed by atoms with van der Waals surface area (Å²) in [5.74, 6) is -0.290. The van der Waals surface area contributed by atoms with Gasteiger partial charge in [0.25, 0.3) is 0 Å². The molecule has 1 aromatic rings. The van der Waals surface area contributed by atoms with E-state index in [0.717, 1.165) is 21.4 Å². The molecule has 0 aliphatic heterocycles. The number of rotatable bonds is 7. The number of hydrogen-bond donors (Lipinski definition) is 1. The van der Waals surface area contributed by atoms with Crippen LogP contribution in [0.3, 0.4) is 0 Å². The molecule has 1 N–H and O–H groups in total. The second-order valence-electron chi connectivity index (χ2n) is 3.19. The van der Waals surface area contributed by atoms with Crippen molar-refractivity contribution in [3.05, 3.63) is 11.1 Å². The van der Waals surface area contributed by atoms with E-state index in [0.29, 0.717) is 6.42 Å². The highest BCUT2D eigenvalue weighted by molar-refractivity contribution is 8.01. The highest BCUT2D eigenvalue weighted by Crippen LogP contribution is 2.25. The van der Waals surface area contributed by atoms with E-state index in [9.17, 15) is 9.59 Å². The predicted octanol–water partition coefficient (Wildman–Crippen LogP) is 1.82. The molecule has 0 saturated carbocycles. The van der Waals surface area contributed by atoms with Crippen molar-refractivity contribution in [1.82, 2.24) is 4.98 Å². The molecule has 0 atom stereocenters. The fraction of sp³-hybridized carbons (Fsp3) is 0.500. The lowest BCUT2D eigenvalue weighted by molar-refractivity contribution is -0.140. The molecule has 1 aromatic heterocycles. The zero-order valence-electron chi connectivity index (χ0n) is 9.34. The van der Waals surface area contributed by atoms with Crippen LogP contribution in [0.25, 0.3) is 0 Å². The number of nitrogens with zero attached hydrogens (tertiary/aromatic N) is 1. The summed E-state index contributed by atoms with van der Waals surface area (Å²) < 4.78 is 5.36. The molecule has 17 heavy (non-hydrogen) atoms. The van der Waals surface area contributed by atoms with Crippen LogP contribution in [0.2, 0.25) is 0 Å². The Hall–Kier alpha value is -1.08. The Labute approximate surface area is 107 Å². The van der Waals surface area contributed by atoms with Crippen molar-refractivity contribution >= 4 is 35.0 Å². The van der Waals surface area contributed by atoms with E-state index < -0.39 is 5.97 Å². The molecular formula is C10H13NO4S2. The number of thiazole rings is 1. The van der Waals surface area contributed by atoms with Gasteiger partial charge in [-0.1, -0.05) is 11.8 Å². The third-order valence-corrected chi connectivity index (χ3v) is 4.08. The lowest BCUT2D eigenvalue weighted by Gasteiger charge is -1.97. The Balaban J connectivity index is 2.25. The maximum absolute atomic E-state index is 10.8. The van der Waals surface area contributed by atoms with E-state index in [4.69, 9.17) is 5.11 Å². The van der Waals surface area contributed by atoms with E-state index in [1.807, 2.05) is 0 Å². The van der Waals surface area contributed by atoms with E-state index in [2.05, 4.69) is 9.72 Å². The summed E-state index contributed by atoms with van der Waals surface area (Å²) in [5, 5.41) is 8.60. The maximum atomic E-state index is 10.8. The minimum Gasteiger partial charge on any atom is -0.481 e. The van der Waals surface area contributed by atoms with Crippen LogP contribution in [0, 0.1) is 0 Å². The summed E-state index contributed by atoms with van der Waals surface area (Å²) >= 11 is 2.91. The van der Waals surface area contributed by atoms with E-state index >= 15 is 0 Å². The molecule has 5 nitrogen and oxygen atoms in total. The predicted molar refractivity (Wildman–Crippen MR) is 65.4 cm³/mol. The average Bonchev–Trinajstić information content (AvgIpc) is 2.70. The van der Waals surface area contributed by atoms with Crippen molar-refractivity contribution in [2.24, 2.45) is 0 Å². The smallest absolute Gasteiger partial charge is 0.308 e. The Morgan fingerprint density at radius 3 is 3.00 bits per heavy atom. The van der Waals surface area contributed by atoms with Crippen LogP contribution in [0.15, 0.2) is 10.5 Å². The SMILES string of the molecule is COC(=O)CCCSc1ncc(CC(=O)O)s1. The minimum atomic E-state index is -0.851. The van der Waals surface area contributed by atoms with Crippen molar-refractivity contribution in [2.75, 3.05) is 12.9 Å². The van der Waals surface area contributed by atoms with Gasteiger partial charge in [0.1, 0.15) is 4.34 Å². The third-order valence-electron chi connectivity index (χ3n) is 1.84. The second-order valence-corrected chi connectivity index (χ2v) is 5.65. The molecule has 0 radical (unpaired) electrons. The van der Waals surface area contributed by atoms with Crippen molar-refractivity contribution in [3.63, 3.8) is 0 Å². The fourth-order valence-electron chi connectivity index (χ4n) is 1.07. The minimum absolute atomic E-state index is 0.0143. The van der Waals surface area contributed by atoms with Crippen LogP contribution < -0.4 is 0 Å². The van der Waals surface area contributed by atoms with Crippen molar-refractivity contribution in [2.45, 2.75) is 23.6 Å². The van der Waals surface area contributed by atoms with E-state index in [1.54, 1.807) is 6.20 Å². The number of ether oxygens (including phenoxy) is 1. The number of esters is 1. The molecule has 1 heterocycles. The van der Waals surface area contributed by atoms with Crippen molar-refractivity contribution in [3.8, 4) is 0 Å². The summed E-state index contributed by atoms with van der Waals surface area (Å²) in [6.07, 6.45) is 2.73. The number of methoxy groups -OCH3 is 1. The highest BCUT2D eigenvalue weighted by atomic mass is 32.2. The molecule has 0 spiro atoms. The largest absolute Gasteiger partial charge is 0.481 e. The van der Waals surface area contributed by atoms with E-state index in [1.165, 1.54) is 30.2 Å². The maximum Gasteiger partial charge on any atom is 0.308 e. The van der Waals surface area contributed by atoms with Gasteiger partial charge in [-0.25, -0.2) is 4.98 Å². The average molecular weight is 275 g/mol. The summed E-state index contributed by atoms with van der Waals surface area (Å²) in [6.45, 7) is 0. The van der Waals surface area contributed by atoms with Crippen LogP contribution in [0.5, 0.6) is 0 Å². The fourth-order valence-corrected chi connectivity index (χ4v) is 3.09. The summed E-state index contributed by atoms with van der Waals surface area (Å²) in [4.78, 5) is 26.2. The summed E-state index contributed by atoms with van der Waals surface area (Å²) in [7, 11) is 1.37. The van der Waals surface area contributed by atoms with E-state index in [-0.39, 0.29) is 12.4 Å². The van der Waals surface area contributed by atoms with Gasteiger partial charge in [0, 0.05) is 23.2 Å². The Kier molecular flexibility index (Phi) is 5.99. The van der Waals surface area contributed by atoms with Gasteiger partial charge >= 0.3 is 11.9 Å². The monoisotopic (exact) mass is 275 g/mol. The number of carboxylic acid groups (broad SMARTS) is 1. The Morgan fingerprint density at radius 1 is 1.59 bits per heavy atom. The molecule has 7 heteroatoms. The molecule has 0 amide bonds. The lowest BCUT2D eigenvalue weighted by Crippen LogP contribution is -1.99. The first-order valence-electron chi connectivity index (χ1n) is 4.98. The normalized spacial score (nSPS) is 10.2. The summed E-state index contributed by atoms with van der Waals surface area (Å²) in [5.41, 5.74) is 0. The molecule has 0 fully saturated rings. The molecule has 0 aliphatic rings. The molecular weight excluding hydrogens is 262 g/mol. The van der Waals surface area contributed by atoms with Gasteiger partial charge < -0.3 is 9.84 Å². The van der Waals surface area contributed by atoms with Crippen molar-refractivity contribution < 1.29 is 19.4 Å². The molecule has 0 bridgehead atoms. The van der Waals surface area contributed by atoms with Gasteiger partial charge in [-0.2, -0.15) is 0 Å². The molecule has 1 rings (SSSR count). The Bertz CT molecular complexity index is 391. The zero-order chi connectivity index (χ0) is 12.7. The first-order chi connectivity index (χ1) is 8.11. The quantitative estimate of drug-likeness (QED) is 0.464. The van der Waals surface area contributed by atoms with Crippen molar-refractivity contribution in [1.29, 1.82) is 0 Å². The standard InChI is InChI=1S/C10H13NO4S2/c1-15-9(14)3-2-4-16-10-11-6-7(17-10)5-8(12)13/h6H,2-5H2,1H3,(H,12,13). The molecule has 94 valence electrons. The molecule has 0 saturated heterocycles. The number of carbonyl (C=O) groups excluding carboxylic acids is 1. The number of aliphatic carboxylic acids is 1. The molecule has 0 unspecified atom stereocenters. The van der Waals surface area contributed by atoms with Crippen LogP contribution in [0.1, 0.15) is 17.7 Å². The van der Waals surface area contributed by atoms with Gasteiger partial charge in [0.2, 0.25) is 0 Å². The zero-order valence-corrected chi connectivity index (χ0v) is 11.0. The lowest BCUT2D eigenvalue weighted by atomic mass is 10.3. The van der Waals surface area contributed by atoms with Gasteiger partial charge in [-0.05, 0) is 6.42 Å². The molecule has 0 aromatic carbocycles.